The van der Waals surface area contributed by atoms with Crippen molar-refractivity contribution in [2.45, 2.75) is 32.7 Å². The molecule has 2 atom stereocenters. The second-order valence-electron chi connectivity index (χ2n) is 9.10. The van der Waals surface area contributed by atoms with Crippen LogP contribution in [0.1, 0.15) is 47.1 Å². The fourth-order valence-corrected chi connectivity index (χ4v) is 5.42. The van der Waals surface area contributed by atoms with E-state index in [0.717, 1.165) is 18.4 Å². The quantitative estimate of drug-likeness (QED) is 0.330. The maximum absolute atomic E-state index is 14.4. The minimum Gasteiger partial charge on any atom is -0.491 e. The molecule has 0 fully saturated rings. The van der Waals surface area contributed by atoms with E-state index in [1.165, 1.54) is 21.9 Å². The number of hydrogen-bond donors (Lipinski definition) is 0. The lowest BCUT2D eigenvalue weighted by Gasteiger charge is -2.37. The van der Waals surface area contributed by atoms with E-state index in [4.69, 9.17) is 16.3 Å². The third-order valence-corrected chi connectivity index (χ3v) is 7.83. The Hall–Kier alpha value is -2.90. The third kappa shape index (κ3) is 6.08. The van der Waals surface area contributed by atoms with Gasteiger partial charge in [0, 0.05) is 23.0 Å². The summed E-state index contributed by atoms with van der Waals surface area (Å²) in [6, 6.07) is 14.8. The van der Waals surface area contributed by atoms with Gasteiger partial charge in [0.2, 0.25) is 5.91 Å². The molecular weight excluding hydrogens is 499 g/mol. The van der Waals surface area contributed by atoms with Crippen molar-refractivity contribution in [2.24, 2.45) is 5.92 Å². The van der Waals surface area contributed by atoms with Gasteiger partial charge in [0.25, 0.3) is 5.91 Å². The Morgan fingerprint density at radius 3 is 2.67 bits per heavy atom. The molecule has 8 heteroatoms. The van der Waals surface area contributed by atoms with Crippen LogP contribution in [0.4, 0.5) is 4.39 Å². The minimum atomic E-state index is -0.584. The molecule has 36 heavy (non-hydrogen) atoms. The van der Waals surface area contributed by atoms with Gasteiger partial charge in [-0.15, -0.1) is 11.3 Å². The summed E-state index contributed by atoms with van der Waals surface area (Å²) in [6.07, 6.45) is 1.59. The van der Waals surface area contributed by atoms with Gasteiger partial charge in [-0.3, -0.25) is 9.59 Å². The van der Waals surface area contributed by atoms with Gasteiger partial charge in [0.05, 0.1) is 11.6 Å². The van der Waals surface area contributed by atoms with Crippen molar-refractivity contribution in [3.8, 4) is 5.75 Å². The van der Waals surface area contributed by atoms with Crippen molar-refractivity contribution in [2.75, 3.05) is 26.2 Å². The molecule has 0 bridgehead atoms. The van der Waals surface area contributed by atoms with Crippen molar-refractivity contribution in [1.82, 2.24) is 9.80 Å². The SMILES string of the molecule is CC[C@H](C)CN(CC(=O)N1CCc2sccc2[C@H]1COc1ccc(Cl)cc1)C(=O)c1ccccc1F. The van der Waals surface area contributed by atoms with Gasteiger partial charge < -0.3 is 14.5 Å². The summed E-state index contributed by atoms with van der Waals surface area (Å²) >= 11 is 7.67. The molecule has 5 nitrogen and oxygen atoms in total. The van der Waals surface area contributed by atoms with Gasteiger partial charge in [-0.2, -0.15) is 0 Å². The van der Waals surface area contributed by atoms with Gasteiger partial charge in [-0.05, 0) is 65.7 Å². The zero-order valence-electron chi connectivity index (χ0n) is 20.5. The molecule has 0 N–H and O–H groups in total. The van der Waals surface area contributed by atoms with Crippen molar-refractivity contribution >= 4 is 34.8 Å². The first-order valence-corrected chi connectivity index (χ1v) is 13.4. The molecule has 4 rings (SSSR count). The normalized spacial score (nSPS) is 15.8. The van der Waals surface area contributed by atoms with E-state index in [1.54, 1.807) is 52.6 Å². The van der Waals surface area contributed by atoms with E-state index in [0.29, 0.717) is 23.9 Å². The Morgan fingerprint density at radius 2 is 1.94 bits per heavy atom. The van der Waals surface area contributed by atoms with Crippen molar-refractivity contribution in [3.05, 3.63) is 86.8 Å². The molecule has 2 aromatic carbocycles. The molecular formula is C28H30ClFN2O3S. The van der Waals surface area contributed by atoms with Crippen LogP contribution >= 0.6 is 22.9 Å². The number of hydrogen-bond acceptors (Lipinski definition) is 4. The number of halogens is 2. The summed E-state index contributed by atoms with van der Waals surface area (Å²) in [5.41, 5.74) is 1.05. The van der Waals surface area contributed by atoms with Crippen LogP contribution in [0.25, 0.3) is 0 Å². The van der Waals surface area contributed by atoms with Gasteiger partial charge in [-0.25, -0.2) is 4.39 Å². The lowest BCUT2D eigenvalue weighted by molar-refractivity contribution is -0.135. The molecule has 0 saturated carbocycles. The topological polar surface area (TPSA) is 49.9 Å². The largest absolute Gasteiger partial charge is 0.491 e. The number of carbonyl (C=O) groups is 2. The van der Waals surface area contributed by atoms with Crippen molar-refractivity contribution in [1.29, 1.82) is 0 Å². The number of carbonyl (C=O) groups excluding carboxylic acids is 2. The smallest absolute Gasteiger partial charge is 0.257 e. The monoisotopic (exact) mass is 528 g/mol. The average molecular weight is 529 g/mol. The van der Waals surface area contributed by atoms with Crippen molar-refractivity contribution < 1.29 is 18.7 Å². The van der Waals surface area contributed by atoms with Crippen LogP contribution in [-0.4, -0.2) is 47.9 Å². The predicted octanol–water partition coefficient (Wildman–Crippen LogP) is 6.23. The highest BCUT2D eigenvalue weighted by Gasteiger charge is 2.34. The fourth-order valence-electron chi connectivity index (χ4n) is 4.36. The van der Waals surface area contributed by atoms with E-state index in [-0.39, 0.29) is 36.6 Å². The standard InChI is InChI=1S/C28H30ClFN2O3S/c1-3-19(2)16-31(28(34)22-6-4-5-7-24(22)30)17-27(33)32-14-12-26-23(13-15-36-26)25(32)18-35-21-10-8-20(29)9-11-21/h4-11,13,15,19,25H,3,12,14,16-18H2,1-2H3/t19-,25+/m0/s1. The number of amides is 2. The lowest BCUT2D eigenvalue weighted by atomic mass is 10.00. The zero-order valence-corrected chi connectivity index (χ0v) is 22.0. The Bertz CT molecular complexity index is 1200. The third-order valence-electron chi connectivity index (χ3n) is 6.58. The highest BCUT2D eigenvalue weighted by molar-refractivity contribution is 7.10. The Balaban J connectivity index is 1.55. The van der Waals surface area contributed by atoms with Crippen molar-refractivity contribution in [3.63, 3.8) is 0 Å². The highest BCUT2D eigenvalue weighted by atomic mass is 35.5. The first-order chi connectivity index (χ1) is 17.4. The second-order valence-corrected chi connectivity index (χ2v) is 10.5. The van der Waals surface area contributed by atoms with E-state index in [9.17, 15) is 14.0 Å². The molecule has 0 saturated heterocycles. The molecule has 1 aliphatic heterocycles. The maximum atomic E-state index is 14.4. The molecule has 2 heterocycles. The van der Waals surface area contributed by atoms with Crippen LogP contribution in [0.5, 0.6) is 5.75 Å². The van der Waals surface area contributed by atoms with Crippen LogP contribution in [0, 0.1) is 11.7 Å². The predicted molar refractivity (Wildman–Crippen MR) is 141 cm³/mol. The average Bonchev–Trinajstić information content (AvgIpc) is 3.36. The van der Waals surface area contributed by atoms with E-state index in [2.05, 4.69) is 0 Å². The van der Waals surface area contributed by atoms with Gasteiger partial charge in [0.1, 0.15) is 24.7 Å². The molecule has 0 aliphatic carbocycles. The minimum absolute atomic E-state index is 0.0185. The molecule has 0 spiro atoms. The zero-order chi connectivity index (χ0) is 25.7. The number of nitrogens with zero attached hydrogens (tertiary/aromatic N) is 2. The first-order valence-electron chi connectivity index (χ1n) is 12.1. The summed E-state index contributed by atoms with van der Waals surface area (Å²) < 4.78 is 20.5. The van der Waals surface area contributed by atoms with E-state index in [1.807, 2.05) is 25.3 Å². The number of thiophene rings is 1. The van der Waals surface area contributed by atoms with Crippen LogP contribution in [0.15, 0.2) is 60.0 Å². The Labute approximate surface area is 220 Å². The molecule has 1 aromatic heterocycles. The van der Waals surface area contributed by atoms with Gasteiger partial charge in [-0.1, -0.05) is 44.0 Å². The number of fused-ring (bicyclic) bond motifs is 1. The summed E-state index contributed by atoms with van der Waals surface area (Å²) in [7, 11) is 0. The summed E-state index contributed by atoms with van der Waals surface area (Å²) in [6.45, 7) is 5.13. The van der Waals surface area contributed by atoms with Crippen LogP contribution in [0.2, 0.25) is 5.02 Å². The van der Waals surface area contributed by atoms with Gasteiger partial charge >= 0.3 is 0 Å². The highest BCUT2D eigenvalue weighted by Crippen LogP contribution is 2.34. The van der Waals surface area contributed by atoms with E-state index >= 15 is 0 Å². The second kappa shape index (κ2) is 11.9. The molecule has 1 aliphatic rings. The van der Waals surface area contributed by atoms with Crippen LogP contribution in [-0.2, 0) is 11.2 Å². The summed E-state index contributed by atoms with van der Waals surface area (Å²) in [5, 5.41) is 2.66. The number of ether oxygens (including phenoxy) is 1. The van der Waals surface area contributed by atoms with Crippen LogP contribution < -0.4 is 4.74 Å². The molecule has 3 aromatic rings. The fraction of sp³-hybridized carbons (Fsp3) is 0.357. The maximum Gasteiger partial charge on any atom is 0.257 e. The number of rotatable bonds is 9. The lowest BCUT2D eigenvalue weighted by Crippen LogP contribution is -2.48. The first kappa shape index (κ1) is 26.2. The number of benzene rings is 2. The molecule has 0 unspecified atom stereocenters. The van der Waals surface area contributed by atoms with Crippen LogP contribution in [0.3, 0.4) is 0 Å². The summed E-state index contributed by atoms with van der Waals surface area (Å²) in [4.78, 5) is 31.5. The summed E-state index contributed by atoms with van der Waals surface area (Å²) in [5.74, 6) is -0.391. The molecule has 0 radical (unpaired) electrons. The Kier molecular flexibility index (Phi) is 8.64. The van der Waals surface area contributed by atoms with Gasteiger partial charge in [0.15, 0.2) is 0 Å². The van der Waals surface area contributed by atoms with E-state index < -0.39 is 11.7 Å². The molecule has 190 valence electrons. The Morgan fingerprint density at radius 1 is 1.19 bits per heavy atom. The molecule has 2 amide bonds.